The molecule has 2 rings (SSSR count). The average molecular weight is 310 g/mol. The Bertz CT molecular complexity index is 471. The number of rotatable bonds is 6. The standard InChI is InChI=1S/C16H26N2O2S/c1-12(2)17(10-13(3)19)8-5-16(20)18-7-4-15-14(11-18)6-9-21-15/h6,9,12-13,19H,4-5,7-8,10-11H2,1-3H3. The summed E-state index contributed by atoms with van der Waals surface area (Å²) >= 11 is 1.79. The molecule has 0 saturated heterocycles. The molecule has 1 aliphatic rings. The Morgan fingerprint density at radius 2 is 2.24 bits per heavy atom. The van der Waals surface area contributed by atoms with E-state index in [4.69, 9.17) is 0 Å². The lowest BCUT2D eigenvalue weighted by Gasteiger charge is -2.30. The van der Waals surface area contributed by atoms with E-state index < -0.39 is 0 Å². The van der Waals surface area contributed by atoms with Crippen LogP contribution in [0.25, 0.3) is 0 Å². The minimum absolute atomic E-state index is 0.225. The van der Waals surface area contributed by atoms with Gasteiger partial charge in [0.05, 0.1) is 6.10 Å². The first-order chi connectivity index (χ1) is 9.97. The van der Waals surface area contributed by atoms with Gasteiger partial charge in [-0.15, -0.1) is 11.3 Å². The predicted octanol–water partition coefficient (Wildman–Crippen LogP) is 2.11. The first kappa shape index (κ1) is 16.5. The van der Waals surface area contributed by atoms with Crippen LogP contribution in [-0.4, -0.2) is 52.6 Å². The second kappa shape index (κ2) is 7.38. The third-order valence-corrected chi connectivity index (χ3v) is 5.03. The molecule has 1 N–H and O–H groups in total. The number of aliphatic hydroxyl groups excluding tert-OH is 1. The van der Waals surface area contributed by atoms with E-state index >= 15 is 0 Å². The van der Waals surface area contributed by atoms with Crippen LogP contribution >= 0.6 is 11.3 Å². The second-order valence-corrected chi connectivity index (χ2v) is 7.12. The minimum atomic E-state index is -0.356. The van der Waals surface area contributed by atoms with E-state index in [9.17, 15) is 9.90 Å². The van der Waals surface area contributed by atoms with Gasteiger partial charge < -0.3 is 10.0 Å². The molecule has 0 fully saturated rings. The molecule has 1 atom stereocenters. The lowest BCUT2D eigenvalue weighted by Crippen LogP contribution is -2.41. The molecule has 0 bridgehead atoms. The Morgan fingerprint density at radius 3 is 2.90 bits per heavy atom. The van der Waals surface area contributed by atoms with Gasteiger partial charge in [0.1, 0.15) is 0 Å². The Balaban J connectivity index is 1.84. The molecule has 1 unspecified atom stereocenters. The van der Waals surface area contributed by atoms with E-state index in [0.29, 0.717) is 25.6 Å². The first-order valence-corrected chi connectivity index (χ1v) is 8.60. The first-order valence-electron chi connectivity index (χ1n) is 7.72. The van der Waals surface area contributed by atoms with Gasteiger partial charge in [-0.25, -0.2) is 0 Å². The average Bonchev–Trinajstić information content (AvgIpc) is 2.89. The number of thiophene rings is 1. The molecule has 0 aliphatic carbocycles. The summed E-state index contributed by atoms with van der Waals surface area (Å²) in [5.41, 5.74) is 1.31. The van der Waals surface area contributed by atoms with Crippen LogP contribution in [-0.2, 0) is 17.8 Å². The quantitative estimate of drug-likeness (QED) is 0.875. The van der Waals surface area contributed by atoms with Gasteiger partial charge in [-0.05, 0) is 44.2 Å². The van der Waals surface area contributed by atoms with Crippen LogP contribution < -0.4 is 0 Å². The van der Waals surface area contributed by atoms with Crippen molar-refractivity contribution in [1.82, 2.24) is 9.80 Å². The Hall–Kier alpha value is -0.910. The Morgan fingerprint density at radius 1 is 1.48 bits per heavy atom. The van der Waals surface area contributed by atoms with Gasteiger partial charge in [0.25, 0.3) is 0 Å². The number of fused-ring (bicyclic) bond motifs is 1. The van der Waals surface area contributed by atoms with E-state index in [1.165, 1.54) is 10.4 Å². The van der Waals surface area contributed by atoms with E-state index in [1.807, 2.05) is 4.90 Å². The summed E-state index contributed by atoms with van der Waals surface area (Å²) in [6.45, 7) is 8.94. The molecule has 2 heterocycles. The van der Waals surface area contributed by atoms with Crippen LogP contribution in [0.1, 0.15) is 37.6 Å². The zero-order valence-corrected chi connectivity index (χ0v) is 14.0. The van der Waals surface area contributed by atoms with E-state index in [0.717, 1.165) is 19.5 Å². The van der Waals surface area contributed by atoms with Gasteiger partial charge >= 0.3 is 0 Å². The molecule has 1 aliphatic heterocycles. The van der Waals surface area contributed by atoms with Crippen molar-refractivity contribution in [2.24, 2.45) is 0 Å². The minimum Gasteiger partial charge on any atom is -0.392 e. The summed E-state index contributed by atoms with van der Waals surface area (Å²) in [5, 5.41) is 11.6. The molecular weight excluding hydrogens is 284 g/mol. The monoisotopic (exact) mass is 310 g/mol. The van der Waals surface area contributed by atoms with E-state index in [-0.39, 0.29) is 12.0 Å². The van der Waals surface area contributed by atoms with Crippen molar-refractivity contribution in [2.75, 3.05) is 19.6 Å². The molecule has 0 spiro atoms. The number of hydrogen-bond acceptors (Lipinski definition) is 4. The molecule has 5 heteroatoms. The molecule has 0 aromatic carbocycles. The molecule has 1 aromatic heterocycles. The lowest BCUT2D eigenvalue weighted by molar-refractivity contribution is -0.132. The summed E-state index contributed by atoms with van der Waals surface area (Å²) in [5.74, 6) is 0.225. The fourth-order valence-electron chi connectivity index (χ4n) is 2.76. The van der Waals surface area contributed by atoms with Crippen molar-refractivity contribution in [1.29, 1.82) is 0 Å². The summed E-state index contributed by atoms with van der Waals surface area (Å²) in [7, 11) is 0. The van der Waals surface area contributed by atoms with Crippen LogP contribution in [0.3, 0.4) is 0 Å². The highest BCUT2D eigenvalue weighted by atomic mass is 32.1. The van der Waals surface area contributed by atoms with Crippen molar-refractivity contribution in [2.45, 2.75) is 52.3 Å². The third kappa shape index (κ3) is 4.53. The summed E-state index contributed by atoms with van der Waals surface area (Å²) in [6.07, 6.45) is 1.16. The number of carbonyl (C=O) groups is 1. The molecule has 118 valence electrons. The number of hydrogen-bond donors (Lipinski definition) is 1. The Labute approximate surface area is 131 Å². The summed E-state index contributed by atoms with van der Waals surface area (Å²) in [6, 6.07) is 2.48. The molecule has 21 heavy (non-hydrogen) atoms. The van der Waals surface area contributed by atoms with Crippen molar-refractivity contribution in [3.8, 4) is 0 Å². The Kier molecular flexibility index (Phi) is 5.79. The summed E-state index contributed by atoms with van der Waals surface area (Å²) in [4.78, 5) is 17.9. The van der Waals surface area contributed by atoms with Crippen molar-refractivity contribution < 1.29 is 9.90 Å². The van der Waals surface area contributed by atoms with Gasteiger partial charge in [-0.1, -0.05) is 0 Å². The van der Waals surface area contributed by atoms with E-state index in [2.05, 4.69) is 30.2 Å². The SMILES string of the molecule is CC(O)CN(CCC(=O)N1CCc2sccc2C1)C(C)C. The number of amides is 1. The van der Waals surface area contributed by atoms with Crippen molar-refractivity contribution in [3.63, 3.8) is 0 Å². The maximum atomic E-state index is 12.4. The highest BCUT2D eigenvalue weighted by Gasteiger charge is 2.22. The van der Waals surface area contributed by atoms with Gasteiger partial charge in [0, 0.05) is 43.5 Å². The van der Waals surface area contributed by atoms with Crippen LogP contribution in [0.2, 0.25) is 0 Å². The largest absolute Gasteiger partial charge is 0.392 e. The fourth-order valence-corrected chi connectivity index (χ4v) is 3.65. The second-order valence-electron chi connectivity index (χ2n) is 6.12. The highest BCUT2D eigenvalue weighted by Crippen LogP contribution is 2.24. The van der Waals surface area contributed by atoms with Gasteiger partial charge in [0.15, 0.2) is 0 Å². The van der Waals surface area contributed by atoms with Crippen LogP contribution in [0, 0.1) is 0 Å². The normalized spacial score (nSPS) is 16.4. The molecular formula is C16H26N2O2S. The van der Waals surface area contributed by atoms with Gasteiger partial charge in [0.2, 0.25) is 5.91 Å². The van der Waals surface area contributed by atoms with Gasteiger partial charge in [-0.2, -0.15) is 0 Å². The van der Waals surface area contributed by atoms with Gasteiger partial charge in [-0.3, -0.25) is 9.69 Å². The topological polar surface area (TPSA) is 43.8 Å². The maximum absolute atomic E-state index is 12.4. The fraction of sp³-hybridized carbons (Fsp3) is 0.688. The van der Waals surface area contributed by atoms with Crippen LogP contribution in [0.15, 0.2) is 11.4 Å². The maximum Gasteiger partial charge on any atom is 0.224 e. The van der Waals surface area contributed by atoms with Crippen molar-refractivity contribution >= 4 is 17.2 Å². The number of aliphatic hydroxyl groups is 1. The molecule has 0 radical (unpaired) electrons. The molecule has 4 nitrogen and oxygen atoms in total. The molecule has 0 saturated carbocycles. The van der Waals surface area contributed by atoms with Crippen LogP contribution in [0.5, 0.6) is 0 Å². The predicted molar refractivity (Wildman–Crippen MR) is 86.4 cm³/mol. The zero-order valence-electron chi connectivity index (χ0n) is 13.2. The molecule has 1 aromatic rings. The lowest BCUT2D eigenvalue weighted by atomic mass is 10.1. The van der Waals surface area contributed by atoms with Crippen LogP contribution in [0.4, 0.5) is 0 Å². The highest BCUT2D eigenvalue weighted by molar-refractivity contribution is 7.10. The zero-order chi connectivity index (χ0) is 15.4. The summed E-state index contributed by atoms with van der Waals surface area (Å²) < 4.78 is 0. The number of nitrogens with zero attached hydrogens (tertiary/aromatic N) is 2. The van der Waals surface area contributed by atoms with E-state index in [1.54, 1.807) is 18.3 Å². The number of carbonyl (C=O) groups excluding carboxylic acids is 1. The smallest absolute Gasteiger partial charge is 0.224 e. The third-order valence-electron chi connectivity index (χ3n) is 4.00. The molecule has 1 amide bonds. The van der Waals surface area contributed by atoms with Crippen molar-refractivity contribution in [3.05, 3.63) is 21.9 Å².